The molecular weight excluding hydrogens is 272 g/mol. The molecule has 0 aliphatic rings. The Kier molecular flexibility index (Phi) is 16.9. The van der Waals surface area contributed by atoms with Gasteiger partial charge in [0, 0.05) is 6.42 Å². The molecular formula is C16H32O5. The van der Waals surface area contributed by atoms with Crippen molar-refractivity contribution in [1.29, 1.82) is 0 Å². The minimum Gasteiger partial charge on any atom is -0.394 e. The quantitative estimate of drug-likeness (QED) is 0.269. The first-order valence-electron chi connectivity index (χ1n) is 8.32. The minimum absolute atomic E-state index is 0.0155. The molecule has 0 aromatic heterocycles. The van der Waals surface area contributed by atoms with Crippen LogP contribution < -0.4 is 0 Å². The van der Waals surface area contributed by atoms with Crippen LogP contribution in [-0.2, 0) is 19.3 Å². The molecule has 0 rings (SSSR count). The Hall–Kier alpha value is -0.650. The van der Waals surface area contributed by atoms with Crippen LogP contribution in [-0.4, -0.2) is 37.5 Å². The number of aliphatic hydroxyl groups is 1. The number of carbonyl (C=O) groups is 1. The van der Waals surface area contributed by atoms with Crippen LogP contribution in [0.15, 0.2) is 0 Å². The van der Waals surface area contributed by atoms with E-state index in [0.29, 0.717) is 13.0 Å². The SMILES string of the molecule is CCCCCCCCCCCC(=O)OOCCOCCO. The van der Waals surface area contributed by atoms with E-state index in [1.54, 1.807) is 0 Å². The van der Waals surface area contributed by atoms with Gasteiger partial charge >= 0.3 is 5.97 Å². The van der Waals surface area contributed by atoms with Gasteiger partial charge in [0.25, 0.3) is 0 Å². The predicted molar refractivity (Wildman–Crippen MR) is 81.8 cm³/mol. The molecule has 0 aromatic rings. The molecule has 0 heterocycles. The van der Waals surface area contributed by atoms with Gasteiger partial charge < -0.3 is 9.84 Å². The van der Waals surface area contributed by atoms with Crippen molar-refractivity contribution in [2.24, 2.45) is 0 Å². The number of aliphatic hydroxyl groups excluding tert-OH is 1. The summed E-state index contributed by atoms with van der Waals surface area (Å²) in [7, 11) is 0. The standard InChI is InChI=1S/C16H32O5/c1-2-3-4-5-6-7-8-9-10-11-16(18)21-20-15-14-19-13-12-17/h17H,2-15H2,1H3. The van der Waals surface area contributed by atoms with E-state index in [9.17, 15) is 4.79 Å². The average molecular weight is 304 g/mol. The fraction of sp³-hybridized carbons (Fsp3) is 0.938. The van der Waals surface area contributed by atoms with Gasteiger partial charge in [0.05, 0.1) is 19.8 Å². The summed E-state index contributed by atoms with van der Waals surface area (Å²) >= 11 is 0. The van der Waals surface area contributed by atoms with Crippen molar-refractivity contribution in [3.8, 4) is 0 Å². The zero-order chi connectivity index (χ0) is 15.6. The summed E-state index contributed by atoms with van der Waals surface area (Å²) in [5, 5.41) is 8.47. The van der Waals surface area contributed by atoms with E-state index in [1.165, 1.54) is 44.9 Å². The van der Waals surface area contributed by atoms with Crippen LogP contribution in [0.3, 0.4) is 0 Å². The summed E-state index contributed by atoms with van der Waals surface area (Å²) in [4.78, 5) is 20.6. The van der Waals surface area contributed by atoms with Gasteiger partial charge in [-0.15, -0.1) is 0 Å². The lowest BCUT2D eigenvalue weighted by Gasteiger charge is -2.04. The second-order valence-electron chi connectivity index (χ2n) is 5.19. The van der Waals surface area contributed by atoms with Crippen LogP contribution in [0.25, 0.3) is 0 Å². The first-order chi connectivity index (χ1) is 10.3. The molecule has 0 radical (unpaired) electrons. The first-order valence-corrected chi connectivity index (χ1v) is 8.32. The largest absolute Gasteiger partial charge is 0.394 e. The van der Waals surface area contributed by atoms with E-state index >= 15 is 0 Å². The highest BCUT2D eigenvalue weighted by atomic mass is 17.2. The molecule has 0 aliphatic carbocycles. The van der Waals surface area contributed by atoms with Crippen LogP contribution >= 0.6 is 0 Å². The zero-order valence-electron chi connectivity index (χ0n) is 13.5. The molecule has 0 saturated carbocycles. The molecule has 0 unspecified atom stereocenters. The molecule has 0 saturated heterocycles. The summed E-state index contributed by atoms with van der Waals surface area (Å²) in [5.74, 6) is -0.319. The summed E-state index contributed by atoms with van der Waals surface area (Å²) in [6.07, 6.45) is 11.4. The third kappa shape index (κ3) is 17.3. The first kappa shape index (κ1) is 20.3. The molecule has 5 nitrogen and oxygen atoms in total. The Morgan fingerprint density at radius 3 is 2.10 bits per heavy atom. The maximum atomic E-state index is 11.3. The van der Waals surface area contributed by atoms with E-state index < -0.39 is 0 Å². The molecule has 126 valence electrons. The second-order valence-corrected chi connectivity index (χ2v) is 5.19. The summed E-state index contributed by atoms with van der Waals surface area (Å²) in [6.45, 7) is 2.99. The smallest absolute Gasteiger partial charge is 0.342 e. The molecule has 0 amide bonds. The number of hydrogen-bond donors (Lipinski definition) is 1. The summed E-state index contributed by atoms with van der Waals surface area (Å²) in [6, 6.07) is 0. The van der Waals surface area contributed by atoms with Gasteiger partial charge in [0.2, 0.25) is 0 Å². The van der Waals surface area contributed by atoms with Crippen LogP contribution in [0.2, 0.25) is 0 Å². The number of ether oxygens (including phenoxy) is 1. The number of unbranched alkanes of at least 4 members (excludes halogenated alkanes) is 8. The van der Waals surface area contributed by atoms with Gasteiger partial charge in [-0.3, -0.25) is 4.89 Å². The molecule has 0 bridgehead atoms. The van der Waals surface area contributed by atoms with E-state index in [-0.39, 0.29) is 25.8 Å². The van der Waals surface area contributed by atoms with Gasteiger partial charge in [0.15, 0.2) is 0 Å². The van der Waals surface area contributed by atoms with E-state index in [0.717, 1.165) is 12.8 Å². The fourth-order valence-electron chi connectivity index (χ4n) is 1.99. The van der Waals surface area contributed by atoms with Gasteiger partial charge in [-0.2, -0.15) is 4.89 Å². The van der Waals surface area contributed by atoms with Gasteiger partial charge in [-0.25, -0.2) is 4.79 Å². The maximum absolute atomic E-state index is 11.3. The summed E-state index contributed by atoms with van der Waals surface area (Å²) < 4.78 is 4.96. The van der Waals surface area contributed by atoms with Crippen LogP contribution in [0.5, 0.6) is 0 Å². The Bertz CT molecular complexity index is 221. The van der Waals surface area contributed by atoms with Crippen molar-refractivity contribution in [3.63, 3.8) is 0 Å². The lowest BCUT2D eigenvalue weighted by molar-refractivity contribution is -0.276. The third-order valence-electron chi connectivity index (χ3n) is 3.18. The van der Waals surface area contributed by atoms with Crippen molar-refractivity contribution in [2.45, 2.75) is 71.1 Å². The van der Waals surface area contributed by atoms with Crippen molar-refractivity contribution in [2.75, 3.05) is 26.4 Å². The van der Waals surface area contributed by atoms with Crippen LogP contribution in [0.4, 0.5) is 0 Å². The van der Waals surface area contributed by atoms with Crippen molar-refractivity contribution in [3.05, 3.63) is 0 Å². The van der Waals surface area contributed by atoms with Crippen molar-refractivity contribution >= 4 is 5.97 Å². The molecule has 5 heteroatoms. The molecule has 0 atom stereocenters. The Balaban J connectivity index is 3.12. The highest BCUT2D eigenvalue weighted by molar-refractivity contribution is 5.68. The van der Waals surface area contributed by atoms with E-state index in [4.69, 9.17) is 14.7 Å². The Labute approximate surface area is 128 Å². The fourth-order valence-corrected chi connectivity index (χ4v) is 1.99. The molecule has 0 aliphatic heterocycles. The maximum Gasteiger partial charge on any atom is 0.342 e. The molecule has 0 spiro atoms. The Morgan fingerprint density at radius 1 is 0.857 bits per heavy atom. The number of carbonyl (C=O) groups excluding carboxylic acids is 1. The van der Waals surface area contributed by atoms with Gasteiger partial charge in [0.1, 0.15) is 6.61 Å². The topological polar surface area (TPSA) is 65.0 Å². The van der Waals surface area contributed by atoms with Gasteiger partial charge in [-0.1, -0.05) is 58.3 Å². The average Bonchev–Trinajstić information content (AvgIpc) is 2.49. The van der Waals surface area contributed by atoms with E-state index in [1.807, 2.05) is 0 Å². The highest BCUT2D eigenvalue weighted by Gasteiger charge is 2.03. The van der Waals surface area contributed by atoms with Crippen molar-refractivity contribution in [1.82, 2.24) is 0 Å². The highest BCUT2D eigenvalue weighted by Crippen LogP contribution is 2.10. The lowest BCUT2D eigenvalue weighted by atomic mass is 10.1. The predicted octanol–water partition coefficient (Wildman–Crippen LogP) is 3.39. The minimum atomic E-state index is -0.319. The molecule has 0 fully saturated rings. The second kappa shape index (κ2) is 17.4. The number of hydrogen-bond acceptors (Lipinski definition) is 5. The monoisotopic (exact) mass is 304 g/mol. The zero-order valence-corrected chi connectivity index (χ0v) is 13.5. The van der Waals surface area contributed by atoms with Gasteiger partial charge in [-0.05, 0) is 6.42 Å². The van der Waals surface area contributed by atoms with Crippen molar-refractivity contribution < 1.29 is 24.4 Å². The summed E-state index contributed by atoms with van der Waals surface area (Å²) in [5.41, 5.74) is 0. The van der Waals surface area contributed by atoms with Crippen LogP contribution in [0, 0.1) is 0 Å². The third-order valence-corrected chi connectivity index (χ3v) is 3.18. The normalized spacial score (nSPS) is 10.8. The van der Waals surface area contributed by atoms with Crippen LogP contribution in [0.1, 0.15) is 71.1 Å². The van der Waals surface area contributed by atoms with E-state index in [2.05, 4.69) is 11.8 Å². The molecule has 0 aromatic carbocycles. The number of rotatable bonds is 16. The Morgan fingerprint density at radius 2 is 1.48 bits per heavy atom. The molecule has 1 N–H and O–H groups in total. The lowest BCUT2D eigenvalue weighted by Crippen LogP contribution is -2.11. The molecule has 21 heavy (non-hydrogen) atoms.